The lowest BCUT2D eigenvalue weighted by molar-refractivity contribution is -0.137. The molecule has 218 valence electrons. The van der Waals surface area contributed by atoms with Crippen LogP contribution in [0.4, 0.5) is 13.2 Å². The molecule has 4 aromatic rings. The molecular formula is C34H34F3N3O2. The van der Waals surface area contributed by atoms with Crippen molar-refractivity contribution in [2.75, 3.05) is 6.54 Å². The van der Waals surface area contributed by atoms with E-state index in [1.165, 1.54) is 6.07 Å². The monoisotopic (exact) mass is 573 g/mol. The second kappa shape index (κ2) is 14.5. The Labute approximate surface area is 244 Å². The third-order valence-electron chi connectivity index (χ3n) is 6.95. The summed E-state index contributed by atoms with van der Waals surface area (Å²) in [5.41, 5.74) is 2.62. The lowest BCUT2D eigenvalue weighted by Crippen LogP contribution is -2.38. The molecule has 0 heterocycles. The van der Waals surface area contributed by atoms with Crippen molar-refractivity contribution in [2.24, 2.45) is 0 Å². The van der Waals surface area contributed by atoms with Crippen LogP contribution in [0.15, 0.2) is 109 Å². The highest BCUT2D eigenvalue weighted by Crippen LogP contribution is 2.29. The van der Waals surface area contributed by atoms with E-state index < -0.39 is 11.7 Å². The molecule has 4 rings (SSSR count). The molecule has 0 fully saturated rings. The average molecular weight is 574 g/mol. The number of hydrogen-bond acceptors (Lipinski definition) is 3. The molecule has 0 unspecified atom stereocenters. The summed E-state index contributed by atoms with van der Waals surface area (Å²) in [7, 11) is 0. The number of carbonyl (C=O) groups excluding carboxylic acids is 2. The Balaban J connectivity index is 1.38. The molecule has 0 aliphatic heterocycles. The van der Waals surface area contributed by atoms with Gasteiger partial charge in [-0.3, -0.25) is 9.59 Å². The second-order valence-corrected chi connectivity index (χ2v) is 10.2. The molecule has 0 aliphatic rings. The smallest absolute Gasteiger partial charge is 0.349 e. The Kier molecular flexibility index (Phi) is 10.5. The molecule has 0 spiro atoms. The predicted octanol–water partition coefficient (Wildman–Crippen LogP) is 6.72. The highest BCUT2D eigenvalue weighted by molar-refractivity contribution is 5.99. The van der Waals surface area contributed by atoms with Crippen molar-refractivity contribution in [1.82, 2.24) is 16.0 Å². The first kappa shape index (κ1) is 30.5. The number of alkyl halides is 3. The van der Waals surface area contributed by atoms with Crippen LogP contribution in [0, 0.1) is 0 Å². The maximum Gasteiger partial charge on any atom is 0.416 e. The van der Waals surface area contributed by atoms with Crippen molar-refractivity contribution >= 4 is 11.8 Å². The first-order chi connectivity index (χ1) is 20.2. The lowest BCUT2D eigenvalue weighted by Gasteiger charge is -2.20. The van der Waals surface area contributed by atoms with Gasteiger partial charge in [-0.2, -0.15) is 13.2 Å². The van der Waals surface area contributed by atoms with Gasteiger partial charge >= 0.3 is 6.18 Å². The van der Waals surface area contributed by atoms with Gasteiger partial charge < -0.3 is 16.0 Å². The Morgan fingerprint density at radius 1 is 0.714 bits per heavy atom. The molecule has 0 saturated heterocycles. The standard InChI is InChI=1S/C34H34F3N3O2/c1-24(27-13-6-3-7-14-27)39-32(41)28-15-9-16-29(22-28)33(42)40-31(21-25-10-4-2-5-11-25)18-19-38-23-26-12-8-17-30(20-26)34(35,36)37/h2-17,20,22,24,31,38H,18-19,21,23H2,1H3,(H,39,41)(H,40,42)/t24-,31-/m1/s1. The molecule has 2 amide bonds. The summed E-state index contributed by atoms with van der Waals surface area (Å²) in [6.45, 7) is 2.65. The highest BCUT2D eigenvalue weighted by atomic mass is 19.4. The van der Waals surface area contributed by atoms with E-state index in [-0.39, 0.29) is 30.4 Å². The summed E-state index contributed by atoms with van der Waals surface area (Å²) >= 11 is 0. The van der Waals surface area contributed by atoms with Crippen molar-refractivity contribution in [2.45, 2.75) is 44.6 Å². The minimum absolute atomic E-state index is 0.199. The average Bonchev–Trinajstić information content (AvgIpc) is 3.00. The van der Waals surface area contributed by atoms with Crippen LogP contribution in [0.5, 0.6) is 0 Å². The van der Waals surface area contributed by atoms with E-state index in [4.69, 9.17) is 0 Å². The van der Waals surface area contributed by atoms with Gasteiger partial charge in [0.1, 0.15) is 0 Å². The fourth-order valence-corrected chi connectivity index (χ4v) is 4.67. The van der Waals surface area contributed by atoms with Gasteiger partial charge in [-0.25, -0.2) is 0 Å². The molecule has 0 radical (unpaired) electrons. The van der Waals surface area contributed by atoms with Crippen LogP contribution < -0.4 is 16.0 Å². The number of benzene rings is 4. The van der Waals surface area contributed by atoms with Gasteiger partial charge in [-0.05, 0) is 67.3 Å². The van der Waals surface area contributed by atoms with E-state index in [0.717, 1.165) is 23.3 Å². The van der Waals surface area contributed by atoms with Gasteiger partial charge in [0.25, 0.3) is 11.8 Å². The summed E-state index contributed by atoms with van der Waals surface area (Å²) < 4.78 is 39.1. The van der Waals surface area contributed by atoms with Crippen molar-refractivity contribution in [3.8, 4) is 0 Å². The topological polar surface area (TPSA) is 70.2 Å². The van der Waals surface area contributed by atoms with Crippen molar-refractivity contribution < 1.29 is 22.8 Å². The molecule has 0 saturated carbocycles. The van der Waals surface area contributed by atoms with E-state index in [2.05, 4.69) is 16.0 Å². The van der Waals surface area contributed by atoms with Crippen LogP contribution in [0.3, 0.4) is 0 Å². The van der Waals surface area contributed by atoms with E-state index in [9.17, 15) is 22.8 Å². The summed E-state index contributed by atoms with van der Waals surface area (Å²) in [5, 5.41) is 9.25. The Hall–Kier alpha value is -4.43. The number of carbonyl (C=O) groups is 2. The molecular weight excluding hydrogens is 539 g/mol. The first-order valence-electron chi connectivity index (χ1n) is 13.9. The lowest BCUT2D eigenvalue weighted by atomic mass is 10.0. The van der Waals surface area contributed by atoms with Gasteiger partial charge in [0.15, 0.2) is 0 Å². The van der Waals surface area contributed by atoms with E-state index in [1.54, 1.807) is 30.3 Å². The van der Waals surface area contributed by atoms with Crippen molar-refractivity contribution in [3.63, 3.8) is 0 Å². The van der Waals surface area contributed by atoms with E-state index >= 15 is 0 Å². The molecule has 0 aliphatic carbocycles. The Bertz CT molecular complexity index is 1460. The zero-order valence-corrected chi connectivity index (χ0v) is 23.3. The van der Waals surface area contributed by atoms with Gasteiger partial charge in [0.2, 0.25) is 0 Å². The highest BCUT2D eigenvalue weighted by Gasteiger charge is 2.30. The molecule has 2 atom stereocenters. The summed E-state index contributed by atoms with van der Waals surface area (Å²) in [5.74, 6) is -0.583. The fraction of sp³-hybridized carbons (Fsp3) is 0.235. The Morgan fingerprint density at radius 3 is 1.98 bits per heavy atom. The fourth-order valence-electron chi connectivity index (χ4n) is 4.67. The quantitative estimate of drug-likeness (QED) is 0.165. The molecule has 3 N–H and O–H groups in total. The maximum absolute atomic E-state index is 13.3. The molecule has 0 aromatic heterocycles. The SMILES string of the molecule is C[C@@H](NC(=O)c1cccc(C(=O)N[C@H](CCNCc2cccc(C(F)(F)F)c2)Cc2ccccc2)c1)c1ccccc1. The molecule has 42 heavy (non-hydrogen) atoms. The number of amides is 2. The van der Waals surface area contributed by atoms with Crippen LogP contribution in [-0.4, -0.2) is 24.4 Å². The van der Waals surface area contributed by atoms with Crippen LogP contribution in [0.2, 0.25) is 0 Å². The van der Waals surface area contributed by atoms with Gasteiger partial charge in [-0.1, -0.05) is 84.9 Å². The normalized spacial score (nSPS) is 12.8. The zero-order valence-electron chi connectivity index (χ0n) is 23.3. The maximum atomic E-state index is 13.3. The van der Waals surface area contributed by atoms with Crippen molar-refractivity contribution in [3.05, 3.63) is 143 Å². The van der Waals surface area contributed by atoms with Crippen LogP contribution >= 0.6 is 0 Å². The second-order valence-electron chi connectivity index (χ2n) is 10.2. The minimum atomic E-state index is -4.39. The van der Waals surface area contributed by atoms with Crippen LogP contribution in [0.25, 0.3) is 0 Å². The van der Waals surface area contributed by atoms with Gasteiger partial charge in [-0.15, -0.1) is 0 Å². The van der Waals surface area contributed by atoms with Crippen LogP contribution in [-0.2, 0) is 19.1 Å². The van der Waals surface area contributed by atoms with E-state index in [0.29, 0.717) is 36.1 Å². The minimum Gasteiger partial charge on any atom is -0.349 e. The number of rotatable bonds is 12. The van der Waals surface area contributed by atoms with Gasteiger partial charge in [0.05, 0.1) is 11.6 Å². The van der Waals surface area contributed by atoms with Crippen molar-refractivity contribution in [1.29, 1.82) is 0 Å². The molecule has 8 heteroatoms. The Morgan fingerprint density at radius 2 is 1.31 bits per heavy atom. The van der Waals surface area contributed by atoms with E-state index in [1.807, 2.05) is 67.6 Å². The largest absolute Gasteiger partial charge is 0.416 e. The number of nitrogens with one attached hydrogen (secondary N) is 3. The third kappa shape index (κ3) is 9.04. The number of halogens is 3. The van der Waals surface area contributed by atoms with Gasteiger partial charge in [0, 0.05) is 23.7 Å². The molecule has 4 aromatic carbocycles. The summed E-state index contributed by atoms with van der Waals surface area (Å²) in [6, 6.07) is 30.7. The summed E-state index contributed by atoms with van der Waals surface area (Å²) in [6.07, 6.45) is -3.26. The predicted molar refractivity (Wildman–Crippen MR) is 158 cm³/mol. The first-order valence-corrected chi connectivity index (χ1v) is 13.9. The third-order valence-corrected chi connectivity index (χ3v) is 6.95. The molecule has 5 nitrogen and oxygen atoms in total. The number of hydrogen-bond donors (Lipinski definition) is 3. The van der Waals surface area contributed by atoms with Crippen LogP contribution in [0.1, 0.15) is 62.4 Å². The zero-order chi connectivity index (χ0) is 30.0. The summed E-state index contributed by atoms with van der Waals surface area (Å²) in [4.78, 5) is 26.2. The molecule has 0 bridgehead atoms.